The van der Waals surface area contributed by atoms with Crippen molar-refractivity contribution in [1.29, 1.82) is 0 Å². The summed E-state index contributed by atoms with van der Waals surface area (Å²) in [6, 6.07) is 3.86. The van der Waals surface area contributed by atoms with E-state index in [1.54, 1.807) is 0 Å². The molecule has 0 radical (unpaired) electrons. The molecule has 2 rings (SSSR count). The lowest BCUT2D eigenvalue weighted by atomic mass is 9.96. The van der Waals surface area contributed by atoms with Gasteiger partial charge in [-0.05, 0) is 30.5 Å². The van der Waals surface area contributed by atoms with Crippen LogP contribution in [0.5, 0.6) is 0 Å². The summed E-state index contributed by atoms with van der Waals surface area (Å²) >= 11 is 6.18. The Morgan fingerprint density at radius 1 is 1.53 bits per heavy atom. The van der Waals surface area contributed by atoms with Crippen molar-refractivity contribution in [3.63, 3.8) is 0 Å². The molecule has 4 heteroatoms. The number of anilines is 1. The van der Waals surface area contributed by atoms with Crippen LogP contribution < -0.4 is 11.1 Å². The van der Waals surface area contributed by atoms with Crippen molar-refractivity contribution in [3.05, 3.63) is 28.3 Å². The van der Waals surface area contributed by atoms with Gasteiger partial charge in [0.05, 0.1) is 16.6 Å². The molecule has 0 spiro atoms. The highest BCUT2D eigenvalue weighted by Crippen LogP contribution is 2.39. The van der Waals surface area contributed by atoms with Gasteiger partial charge in [-0.15, -0.1) is 0 Å². The third-order valence-corrected chi connectivity index (χ3v) is 3.58. The number of hydrogen-bond acceptors (Lipinski definition) is 2. The van der Waals surface area contributed by atoms with E-state index in [9.17, 15) is 4.79 Å². The lowest BCUT2D eigenvalue weighted by Crippen LogP contribution is -2.10. The molecule has 2 unspecified atom stereocenters. The van der Waals surface area contributed by atoms with Crippen molar-refractivity contribution >= 4 is 23.2 Å². The van der Waals surface area contributed by atoms with E-state index in [4.69, 9.17) is 17.3 Å². The van der Waals surface area contributed by atoms with Crippen LogP contribution in [0.4, 0.5) is 5.69 Å². The molecule has 0 saturated heterocycles. The van der Waals surface area contributed by atoms with Crippen LogP contribution in [0.15, 0.2) is 12.1 Å². The first-order valence-electron chi connectivity index (χ1n) is 5.94. The van der Waals surface area contributed by atoms with Crippen molar-refractivity contribution in [2.24, 2.45) is 5.73 Å². The highest BCUT2D eigenvalue weighted by molar-refractivity contribution is 6.34. The second-order valence-corrected chi connectivity index (χ2v) is 4.98. The van der Waals surface area contributed by atoms with Gasteiger partial charge in [-0.2, -0.15) is 0 Å². The van der Waals surface area contributed by atoms with Gasteiger partial charge in [0.1, 0.15) is 0 Å². The molecular weight excluding hydrogens is 236 g/mol. The Kier molecular flexibility index (Phi) is 3.40. The van der Waals surface area contributed by atoms with Gasteiger partial charge < -0.3 is 11.1 Å². The first kappa shape index (κ1) is 12.4. The summed E-state index contributed by atoms with van der Waals surface area (Å²) in [6.45, 7) is 3.98. The Balaban J connectivity index is 2.41. The monoisotopic (exact) mass is 252 g/mol. The van der Waals surface area contributed by atoms with Crippen molar-refractivity contribution < 1.29 is 4.79 Å². The van der Waals surface area contributed by atoms with Gasteiger partial charge in [-0.25, -0.2) is 0 Å². The zero-order valence-electron chi connectivity index (χ0n) is 10.1. The molecule has 0 aliphatic carbocycles. The van der Waals surface area contributed by atoms with Crippen LogP contribution in [0.2, 0.25) is 5.02 Å². The largest absolute Gasteiger partial charge is 0.324 e. The molecule has 17 heavy (non-hydrogen) atoms. The Morgan fingerprint density at radius 2 is 2.24 bits per heavy atom. The number of rotatable bonds is 3. The minimum Gasteiger partial charge on any atom is -0.324 e. The molecule has 3 N–H and O–H groups in total. The van der Waals surface area contributed by atoms with Gasteiger partial charge in [0.15, 0.2) is 0 Å². The quantitative estimate of drug-likeness (QED) is 0.868. The molecule has 92 valence electrons. The van der Waals surface area contributed by atoms with Gasteiger partial charge in [0.2, 0.25) is 5.91 Å². The van der Waals surface area contributed by atoms with Crippen molar-refractivity contribution in [2.75, 3.05) is 5.32 Å². The highest BCUT2D eigenvalue weighted by atomic mass is 35.5. The van der Waals surface area contributed by atoms with Crippen molar-refractivity contribution in [2.45, 2.75) is 38.6 Å². The Labute approximate surface area is 106 Å². The van der Waals surface area contributed by atoms with Gasteiger partial charge >= 0.3 is 0 Å². The summed E-state index contributed by atoms with van der Waals surface area (Å²) in [5, 5.41) is 3.39. The molecule has 1 aromatic rings. The van der Waals surface area contributed by atoms with Crippen LogP contribution >= 0.6 is 11.6 Å². The SMILES string of the molecule is CCCC(N)c1cc(Cl)c2c(c1)C(C)C(=O)N2. The number of nitrogens with two attached hydrogens (primary N) is 1. The molecule has 0 bridgehead atoms. The predicted molar refractivity (Wildman–Crippen MR) is 70.3 cm³/mol. The predicted octanol–water partition coefficient (Wildman–Crippen LogP) is 3.20. The minimum atomic E-state index is -0.142. The van der Waals surface area contributed by atoms with Crippen molar-refractivity contribution in [3.8, 4) is 0 Å². The molecule has 3 nitrogen and oxygen atoms in total. The maximum absolute atomic E-state index is 11.6. The van der Waals surface area contributed by atoms with Gasteiger partial charge in [-0.1, -0.05) is 31.0 Å². The molecule has 1 aliphatic heterocycles. The van der Waals surface area contributed by atoms with E-state index in [1.807, 2.05) is 19.1 Å². The zero-order chi connectivity index (χ0) is 12.6. The highest BCUT2D eigenvalue weighted by Gasteiger charge is 2.29. The molecule has 0 saturated carbocycles. The van der Waals surface area contributed by atoms with Crippen LogP contribution in [-0.4, -0.2) is 5.91 Å². The zero-order valence-corrected chi connectivity index (χ0v) is 10.8. The summed E-state index contributed by atoms with van der Waals surface area (Å²) in [5.41, 5.74) is 8.81. The third kappa shape index (κ3) is 2.17. The van der Waals surface area contributed by atoms with E-state index >= 15 is 0 Å². The average Bonchev–Trinajstić information content (AvgIpc) is 2.57. The number of halogens is 1. The number of fused-ring (bicyclic) bond motifs is 1. The fourth-order valence-corrected chi connectivity index (χ4v) is 2.47. The maximum Gasteiger partial charge on any atom is 0.231 e. The standard InChI is InChI=1S/C13H17ClN2O/c1-3-4-11(15)8-5-9-7(2)13(17)16-12(9)10(14)6-8/h5-7,11H,3-4,15H2,1-2H3,(H,16,17). The number of carbonyl (C=O) groups excluding carboxylic acids is 1. The normalized spacial score (nSPS) is 20.0. The lowest BCUT2D eigenvalue weighted by molar-refractivity contribution is -0.116. The number of amides is 1. The summed E-state index contributed by atoms with van der Waals surface area (Å²) in [7, 11) is 0. The first-order valence-corrected chi connectivity index (χ1v) is 6.32. The van der Waals surface area contributed by atoms with E-state index in [-0.39, 0.29) is 17.9 Å². The number of hydrogen-bond donors (Lipinski definition) is 2. The molecular formula is C13H17ClN2O. The number of benzene rings is 1. The lowest BCUT2D eigenvalue weighted by Gasteiger charge is -2.14. The van der Waals surface area contributed by atoms with Gasteiger partial charge in [-0.3, -0.25) is 4.79 Å². The van der Waals surface area contributed by atoms with E-state index in [0.717, 1.165) is 29.7 Å². The molecule has 1 aromatic carbocycles. The summed E-state index contributed by atoms with van der Waals surface area (Å²) in [5.74, 6) is -0.139. The molecule has 0 aromatic heterocycles. The summed E-state index contributed by atoms with van der Waals surface area (Å²) in [6.07, 6.45) is 1.95. The fourth-order valence-electron chi connectivity index (χ4n) is 2.19. The Hall–Kier alpha value is -1.06. The maximum atomic E-state index is 11.6. The van der Waals surface area contributed by atoms with Crippen LogP contribution in [0.25, 0.3) is 0 Å². The van der Waals surface area contributed by atoms with Crippen LogP contribution in [0, 0.1) is 0 Å². The smallest absolute Gasteiger partial charge is 0.231 e. The molecule has 0 fully saturated rings. The van der Waals surface area contributed by atoms with E-state index in [0.29, 0.717) is 5.02 Å². The second kappa shape index (κ2) is 4.67. The van der Waals surface area contributed by atoms with E-state index < -0.39 is 0 Å². The Bertz CT molecular complexity index is 459. The third-order valence-electron chi connectivity index (χ3n) is 3.28. The van der Waals surface area contributed by atoms with Crippen LogP contribution in [0.3, 0.4) is 0 Å². The summed E-state index contributed by atoms with van der Waals surface area (Å²) in [4.78, 5) is 11.6. The average molecular weight is 253 g/mol. The van der Waals surface area contributed by atoms with Crippen LogP contribution in [-0.2, 0) is 4.79 Å². The van der Waals surface area contributed by atoms with Crippen LogP contribution in [0.1, 0.15) is 49.8 Å². The molecule has 1 aliphatic rings. The van der Waals surface area contributed by atoms with Gasteiger partial charge in [0, 0.05) is 6.04 Å². The number of nitrogens with one attached hydrogen (secondary N) is 1. The van der Waals surface area contributed by atoms with E-state index in [1.165, 1.54) is 0 Å². The van der Waals surface area contributed by atoms with E-state index in [2.05, 4.69) is 12.2 Å². The van der Waals surface area contributed by atoms with Gasteiger partial charge in [0.25, 0.3) is 0 Å². The number of carbonyl (C=O) groups is 1. The molecule has 2 atom stereocenters. The molecule has 1 amide bonds. The second-order valence-electron chi connectivity index (χ2n) is 4.57. The fraction of sp³-hybridized carbons (Fsp3) is 0.462. The minimum absolute atomic E-state index is 0.00288. The van der Waals surface area contributed by atoms with Crippen molar-refractivity contribution in [1.82, 2.24) is 0 Å². The first-order chi connectivity index (χ1) is 8.04. The molecule has 1 heterocycles. The summed E-state index contributed by atoms with van der Waals surface area (Å²) < 4.78 is 0. The Morgan fingerprint density at radius 3 is 2.88 bits per heavy atom. The topological polar surface area (TPSA) is 55.1 Å².